The van der Waals surface area contributed by atoms with Gasteiger partial charge in [-0.1, -0.05) is 35.0 Å². The Kier molecular flexibility index (Phi) is 3.34. The van der Waals surface area contributed by atoms with Crippen LogP contribution in [0, 0.1) is 0 Å². The van der Waals surface area contributed by atoms with Gasteiger partial charge < -0.3 is 4.98 Å². The number of rotatable bonds is 3. The van der Waals surface area contributed by atoms with Crippen LogP contribution >= 0.6 is 15.9 Å². The first-order valence-electron chi connectivity index (χ1n) is 6.37. The Morgan fingerprint density at radius 2 is 2.00 bits per heavy atom. The quantitative estimate of drug-likeness (QED) is 0.739. The Labute approximate surface area is 120 Å². The Morgan fingerprint density at radius 3 is 2.74 bits per heavy atom. The Hall–Kier alpha value is -1.68. The minimum absolute atomic E-state index is 0.865. The lowest BCUT2D eigenvalue weighted by Gasteiger charge is -1.98. The lowest BCUT2D eigenvalue weighted by atomic mass is 10.2. The number of nitrogens with one attached hydrogen (secondary N) is 1. The van der Waals surface area contributed by atoms with Crippen LogP contribution in [0.4, 0.5) is 0 Å². The predicted octanol–water partition coefficient (Wildman–Crippen LogP) is 3.22. The van der Waals surface area contributed by atoms with Crippen molar-refractivity contribution in [1.29, 1.82) is 0 Å². The lowest BCUT2D eigenvalue weighted by molar-refractivity contribution is -0.687. The summed E-state index contributed by atoms with van der Waals surface area (Å²) in [6, 6.07) is 10.5. The minimum Gasteiger partial charge on any atom is -0.337 e. The maximum Gasteiger partial charge on any atom is 0.195 e. The molecule has 0 amide bonds. The predicted molar refractivity (Wildman–Crippen MR) is 78.9 cm³/mol. The average molecular weight is 317 g/mol. The molecule has 1 N–H and O–H groups in total. The molecule has 3 aromatic rings. The van der Waals surface area contributed by atoms with Crippen molar-refractivity contribution in [2.45, 2.75) is 19.9 Å². The molecule has 0 aliphatic carbocycles. The molecule has 1 aromatic carbocycles. The summed E-state index contributed by atoms with van der Waals surface area (Å²) in [7, 11) is 0. The summed E-state index contributed by atoms with van der Waals surface area (Å²) in [6.45, 7) is 2.97. The van der Waals surface area contributed by atoms with E-state index >= 15 is 0 Å². The van der Waals surface area contributed by atoms with Crippen LogP contribution in [0.3, 0.4) is 0 Å². The molecular weight excluding hydrogens is 302 g/mol. The maximum atomic E-state index is 4.52. The molecule has 0 aliphatic heterocycles. The fourth-order valence-corrected chi connectivity index (χ4v) is 2.38. The van der Waals surface area contributed by atoms with Crippen molar-refractivity contribution in [3.63, 3.8) is 0 Å². The van der Waals surface area contributed by atoms with E-state index in [2.05, 4.69) is 80.1 Å². The summed E-state index contributed by atoms with van der Waals surface area (Å²) in [5, 5.41) is 0. The van der Waals surface area contributed by atoms with Gasteiger partial charge in [-0.05, 0) is 12.1 Å². The van der Waals surface area contributed by atoms with Gasteiger partial charge in [0.15, 0.2) is 18.9 Å². The van der Waals surface area contributed by atoms with Crippen molar-refractivity contribution in [2.24, 2.45) is 0 Å². The maximum absolute atomic E-state index is 4.52. The second-order valence-electron chi connectivity index (χ2n) is 4.58. The first-order chi connectivity index (χ1) is 9.24. The second-order valence-corrected chi connectivity index (χ2v) is 5.50. The van der Waals surface area contributed by atoms with E-state index in [4.69, 9.17) is 0 Å². The lowest BCUT2D eigenvalue weighted by Crippen LogP contribution is -2.33. The smallest absolute Gasteiger partial charge is 0.195 e. The van der Waals surface area contributed by atoms with Gasteiger partial charge in [0.05, 0.1) is 0 Å². The van der Waals surface area contributed by atoms with Gasteiger partial charge in [-0.3, -0.25) is 0 Å². The van der Waals surface area contributed by atoms with Crippen molar-refractivity contribution in [3.05, 3.63) is 58.6 Å². The zero-order valence-electron chi connectivity index (χ0n) is 10.7. The van der Waals surface area contributed by atoms with E-state index in [-0.39, 0.29) is 0 Å². The molecular formula is C15H15BrN3+. The topological polar surface area (TPSA) is 32.6 Å². The Morgan fingerprint density at radius 1 is 1.21 bits per heavy atom. The monoisotopic (exact) mass is 316 g/mol. The largest absolute Gasteiger partial charge is 0.337 e. The zero-order chi connectivity index (χ0) is 13.2. The molecule has 2 aromatic heterocycles. The number of imidazole rings is 1. The molecule has 96 valence electrons. The molecule has 0 fully saturated rings. The number of benzene rings is 1. The molecule has 2 heterocycles. The number of aromatic nitrogens is 3. The van der Waals surface area contributed by atoms with Crippen molar-refractivity contribution in [1.82, 2.24) is 9.97 Å². The summed E-state index contributed by atoms with van der Waals surface area (Å²) in [6.07, 6.45) is 5.12. The van der Waals surface area contributed by atoms with Gasteiger partial charge in [0.2, 0.25) is 0 Å². The zero-order valence-corrected chi connectivity index (χ0v) is 12.3. The number of pyridine rings is 1. The van der Waals surface area contributed by atoms with Crippen LogP contribution in [0.2, 0.25) is 0 Å². The van der Waals surface area contributed by atoms with Gasteiger partial charge >= 0.3 is 0 Å². The number of aromatic amines is 1. The first kappa shape index (κ1) is 12.4. The van der Waals surface area contributed by atoms with E-state index in [0.29, 0.717) is 0 Å². The average Bonchev–Trinajstić information content (AvgIpc) is 2.83. The van der Waals surface area contributed by atoms with Crippen LogP contribution < -0.4 is 4.57 Å². The molecule has 0 saturated carbocycles. The highest BCUT2D eigenvalue weighted by Crippen LogP contribution is 2.11. The Bertz CT molecular complexity index is 701. The first-order valence-corrected chi connectivity index (χ1v) is 7.16. The fourth-order valence-electron chi connectivity index (χ4n) is 2.12. The van der Waals surface area contributed by atoms with Crippen LogP contribution in [0.25, 0.3) is 11.0 Å². The second kappa shape index (κ2) is 5.13. The van der Waals surface area contributed by atoms with E-state index in [1.165, 1.54) is 5.56 Å². The summed E-state index contributed by atoms with van der Waals surface area (Å²) in [5.41, 5.74) is 3.41. The van der Waals surface area contributed by atoms with Crippen molar-refractivity contribution in [3.8, 4) is 0 Å². The third kappa shape index (κ3) is 2.68. The van der Waals surface area contributed by atoms with Crippen LogP contribution in [0.1, 0.15) is 18.3 Å². The van der Waals surface area contributed by atoms with Crippen molar-refractivity contribution < 1.29 is 4.57 Å². The highest BCUT2D eigenvalue weighted by Gasteiger charge is 2.08. The molecule has 3 nitrogen and oxygen atoms in total. The molecule has 0 aliphatic rings. The number of fused-ring (bicyclic) bond motifs is 1. The van der Waals surface area contributed by atoms with E-state index in [1.807, 2.05) is 0 Å². The summed E-state index contributed by atoms with van der Waals surface area (Å²) < 4.78 is 3.28. The van der Waals surface area contributed by atoms with Gasteiger partial charge in [0.25, 0.3) is 0 Å². The normalized spacial score (nSPS) is 11.1. The van der Waals surface area contributed by atoms with E-state index in [0.717, 1.165) is 34.3 Å². The van der Waals surface area contributed by atoms with Crippen LogP contribution in [-0.2, 0) is 13.0 Å². The van der Waals surface area contributed by atoms with Crippen LogP contribution in [0.5, 0.6) is 0 Å². The summed E-state index contributed by atoms with van der Waals surface area (Å²) >= 11 is 3.45. The molecule has 0 unspecified atom stereocenters. The highest BCUT2D eigenvalue weighted by molar-refractivity contribution is 9.10. The third-order valence-corrected chi connectivity index (χ3v) is 3.67. The van der Waals surface area contributed by atoms with E-state index < -0.39 is 0 Å². The van der Waals surface area contributed by atoms with Gasteiger partial charge in [-0.25, -0.2) is 4.98 Å². The molecule has 0 atom stereocenters. The Balaban J connectivity index is 1.90. The number of hydrogen-bond acceptors (Lipinski definition) is 1. The fraction of sp³-hybridized carbons (Fsp3) is 0.200. The van der Waals surface area contributed by atoms with Crippen molar-refractivity contribution >= 4 is 27.0 Å². The van der Waals surface area contributed by atoms with E-state index in [9.17, 15) is 0 Å². The molecule has 3 rings (SSSR count). The summed E-state index contributed by atoms with van der Waals surface area (Å²) in [5.74, 6) is 1.04. The van der Waals surface area contributed by atoms with Crippen LogP contribution in [0.15, 0.2) is 47.2 Å². The van der Waals surface area contributed by atoms with Gasteiger partial charge in [0, 0.05) is 22.5 Å². The molecule has 0 spiro atoms. The van der Waals surface area contributed by atoms with Gasteiger partial charge in [-0.2, -0.15) is 4.57 Å². The number of hydrogen-bond donors (Lipinski definition) is 1. The SMILES string of the molecule is CCc1nc2cc[n+](Cc3ccc(Br)cc3)cc2[nH]1. The van der Waals surface area contributed by atoms with E-state index in [1.54, 1.807) is 0 Å². The van der Waals surface area contributed by atoms with Gasteiger partial charge in [-0.15, -0.1) is 0 Å². The molecule has 19 heavy (non-hydrogen) atoms. The minimum atomic E-state index is 0.865. The van der Waals surface area contributed by atoms with Gasteiger partial charge in [0.1, 0.15) is 16.9 Å². The highest BCUT2D eigenvalue weighted by atomic mass is 79.9. The standard InChI is InChI=1S/C15H14BrN3/c1-2-15-17-13-7-8-19(10-14(13)18-15)9-11-3-5-12(16)6-4-11/h3-8,10H,2,9H2,1H3/p+1. The third-order valence-electron chi connectivity index (χ3n) is 3.14. The molecule has 0 bridgehead atoms. The number of halogens is 1. The number of nitrogens with zero attached hydrogens (tertiary/aromatic N) is 2. The molecule has 0 radical (unpaired) electrons. The summed E-state index contributed by atoms with van der Waals surface area (Å²) in [4.78, 5) is 7.86. The molecule has 4 heteroatoms. The number of H-pyrrole nitrogens is 1. The molecule has 0 saturated heterocycles. The van der Waals surface area contributed by atoms with Crippen molar-refractivity contribution in [2.75, 3.05) is 0 Å². The number of aryl methyl sites for hydroxylation is 1. The van der Waals surface area contributed by atoms with Crippen LogP contribution in [-0.4, -0.2) is 9.97 Å².